The molecule has 0 unspecified atom stereocenters. The Bertz CT molecular complexity index is 557. The molecule has 3 amide bonds. The molecule has 0 aromatic heterocycles. The van der Waals surface area contributed by atoms with E-state index in [1.54, 1.807) is 18.0 Å². The van der Waals surface area contributed by atoms with E-state index in [1.165, 1.54) is 12.8 Å². The van der Waals surface area contributed by atoms with Gasteiger partial charge in [-0.15, -0.1) is 0 Å². The van der Waals surface area contributed by atoms with Crippen molar-refractivity contribution in [1.29, 1.82) is 0 Å². The van der Waals surface area contributed by atoms with Crippen molar-refractivity contribution in [1.82, 2.24) is 15.1 Å². The van der Waals surface area contributed by atoms with E-state index in [0.717, 1.165) is 31.5 Å². The molecule has 0 spiro atoms. The smallest absolute Gasteiger partial charge is 0.317 e. The third-order valence-electron chi connectivity index (χ3n) is 4.23. The molecular weight excluding hydrogens is 326 g/mol. The quantitative estimate of drug-likeness (QED) is 0.885. The minimum Gasteiger partial charge on any atom is -0.343 e. The first-order valence-corrected chi connectivity index (χ1v) is 8.95. The van der Waals surface area contributed by atoms with Crippen LogP contribution in [0.2, 0.25) is 5.02 Å². The molecule has 24 heavy (non-hydrogen) atoms. The summed E-state index contributed by atoms with van der Waals surface area (Å²) in [7, 11) is 1.73. The Kier molecular flexibility index (Phi) is 7.37. The first-order valence-electron chi connectivity index (χ1n) is 8.57. The van der Waals surface area contributed by atoms with Crippen LogP contribution in [0.1, 0.15) is 37.7 Å². The first kappa shape index (κ1) is 18.6. The molecule has 0 bridgehead atoms. The lowest BCUT2D eigenvalue weighted by atomic mass is 10.2. The molecule has 132 valence electrons. The Morgan fingerprint density at radius 3 is 2.58 bits per heavy atom. The lowest BCUT2D eigenvalue weighted by Crippen LogP contribution is -2.39. The molecule has 1 aromatic rings. The molecule has 1 N–H and O–H groups in total. The Morgan fingerprint density at radius 2 is 1.92 bits per heavy atom. The maximum Gasteiger partial charge on any atom is 0.317 e. The number of rotatable bonds is 5. The number of benzene rings is 1. The summed E-state index contributed by atoms with van der Waals surface area (Å²) < 4.78 is 0. The van der Waals surface area contributed by atoms with Gasteiger partial charge in [-0.2, -0.15) is 0 Å². The maximum absolute atomic E-state index is 12.2. The van der Waals surface area contributed by atoms with Crippen LogP contribution in [0.4, 0.5) is 4.79 Å². The van der Waals surface area contributed by atoms with E-state index in [9.17, 15) is 9.59 Å². The fourth-order valence-electron chi connectivity index (χ4n) is 2.87. The summed E-state index contributed by atoms with van der Waals surface area (Å²) in [6.45, 7) is 2.55. The highest BCUT2D eigenvalue weighted by Crippen LogP contribution is 2.12. The monoisotopic (exact) mass is 351 g/mol. The summed E-state index contributed by atoms with van der Waals surface area (Å²) in [5.74, 6) is 0.134. The van der Waals surface area contributed by atoms with Crippen LogP contribution in [0, 0.1) is 0 Å². The molecule has 1 aliphatic heterocycles. The standard InChI is InChI=1S/C18H26ClN3O2/c1-21(14-15-7-6-8-16(19)13-15)18(24)20-10-9-17(23)22-11-4-2-3-5-12-22/h6-8,13H,2-5,9-12,14H2,1H3,(H,20,24). The summed E-state index contributed by atoms with van der Waals surface area (Å²) in [6.07, 6.45) is 4.93. The maximum atomic E-state index is 12.2. The van der Waals surface area contributed by atoms with Gasteiger partial charge in [0.05, 0.1) is 0 Å². The summed E-state index contributed by atoms with van der Waals surface area (Å²) in [4.78, 5) is 27.8. The highest BCUT2D eigenvalue weighted by atomic mass is 35.5. The predicted octanol–water partition coefficient (Wildman–Crippen LogP) is 3.27. The molecule has 0 radical (unpaired) electrons. The molecular formula is C18H26ClN3O2. The summed E-state index contributed by atoms with van der Waals surface area (Å²) in [5.41, 5.74) is 0.973. The second-order valence-corrected chi connectivity index (χ2v) is 6.70. The van der Waals surface area contributed by atoms with Crippen molar-refractivity contribution in [3.8, 4) is 0 Å². The number of halogens is 1. The van der Waals surface area contributed by atoms with Gasteiger partial charge in [0.1, 0.15) is 0 Å². The van der Waals surface area contributed by atoms with Crippen molar-refractivity contribution in [2.24, 2.45) is 0 Å². The van der Waals surface area contributed by atoms with E-state index < -0.39 is 0 Å². The Hall–Kier alpha value is -1.75. The summed E-state index contributed by atoms with van der Waals surface area (Å²) in [5, 5.41) is 3.47. The summed E-state index contributed by atoms with van der Waals surface area (Å²) >= 11 is 5.95. The van der Waals surface area contributed by atoms with E-state index in [0.29, 0.717) is 24.5 Å². The molecule has 1 aliphatic rings. The van der Waals surface area contributed by atoms with Gasteiger partial charge in [-0.1, -0.05) is 36.6 Å². The van der Waals surface area contributed by atoms with Crippen molar-refractivity contribution in [2.75, 3.05) is 26.7 Å². The average molecular weight is 352 g/mol. The van der Waals surface area contributed by atoms with Crippen molar-refractivity contribution in [3.05, 3.63) is 34.9 Å². The van der Waals surface area contributed by atoms with Crippen LogP contribution in [0.15, 0.2) is 24.3 Å². The Morgan fingerprint density at radius 1 is 1.21 bits per heavy atom. The van der Waals surface area contributed by atoms with Gasteiger partial charge in [-0.3, -0.25) is 4.79 Å². The van der Waals surface area contributed by atoms with Gasteiger partial charge >= 0.3 is 6.03 Å². The SMILES string of the molecule is CN(Cc1cccc(Cl)c1)C(=O)NCCC(=O)N1CCCCCC1. The zero-order valence-electron chi connectivity index (χ0n) is 14.3. The number of carbonyl (C=O) groups excluding carboxylic acids is 2. The normalized spacial score (nSPS) is 14.8. The number of hydrogen-bond donors (Lipinski definition) is 1. The second-order valence-electron chi connectivity index (χ2n) is 6.26. The van der Waals surface area contributed by atoms with Crippen LogP contribution in [-0.2, 0) is 11.3 Å². The second kappa shape index (κ2) is 9.52. The first-order chi connectivity index (χ1) is 11.6. The third-order valence-corrected chi connectivity index (χ3v) is 4.46. The molecule has 1 saturated heterocycles. The van der Waals surface area contributed by atoms with Crippen molar-refractivity contribution >= 4 is 23.5 Å². The van der Waals surface area contributed by atoms with Gasteiger partial charge < -0.3 is 15.1 Å². The molecule has 5 nitrogen and oxygen atoms in total. The Labute approximate surface area is 149 Å². The highest BCUT2D eigenvalue weighted by molar-refractivity contribution is 6.30. The van der Waals surface area contributed by atoms with E-state index in [1.807, 2.05) is 23.1 Å². The van der Waals surface area contributed by atoms with Gasteiger partial charge in [0, 0.05) is 44.7 Å². The van der Waals surface area contributed by atoms with Crippen LogP contribution >= 0.6 is 11.6 Å². The largest absolute Gasteiger partial charge is 0.343 e. The molecule has 1 aromatic carbocycles. The molecule has 0 aliphatic carbocycles. The number of nitrogens with zero attached hydrogens (tertiary/aromatic N) is 2. The molecule has 0 atom stereocenters. The fraction of sp³-hybridized carbons (Fsp3) is 0.556. The number of amides is 3. The molecule has 6 heteroatoms. The molecule has 1 heterocycles. The van der Waals surface area contributed by atoms with Crippen molar-refractivity contribution in [3.63, 3.8) is 0 Å². The van der Waals surface area contributed by atoms with E-state index in [2.05, 4.69) is 5.32 Å². The van der Waals surface area contributed by atoms with Crippen LogP contribution < -0.4 is 5.32 Å². The number of hydrogen-bond acceptors (Lipinski definition) is 2. The van der Waals surface area contributed by atoms with Crippen LogP contribution in [0.3, 0.4) is 0 Å². The van der Waals surface area contributed by atoms with Crippen molar-refractivity contribution < 1.29 is 9.59 Å². The van der Waals surface area contributed by atoms with Gasteiger partial charge in [0.25, 0.3) is 0 Å². The molecule has 1 fully saturated rings. The van der Waals surface area contributed by atoms with Gasteiger partial charge in [0.15, 0.2) is 0 Å². The van der Waals surface area contributed by atoms with Crippen molar-refractivity contribution in [2.45, 2.75) is 38.6 Å². The fourth-order valence-corrected chi connectivity index (χ4v) is 3.08. The van der Waals surface area contributed by atoms with Gasteiger partial charge in [-0.25, -0.2) is 4.79 Å². The average Bonchev–Trinajstić information content (AvgIpc) is 2.84. The van der Waals surface area contributed by atoms with Crippen LogP contribution in [0.25, 0.3) is 0 Å². The third kappa shape index (κ3) is 6.04. The molecule has 0 saturated carbocycles. The number of nitrogens with one attached hydrogen (secondary N) is 1. The zero-order chi connectivity index (χ0) is 17.4. The van der Waals surface area contributed by atoms with E-state index in [4.69, 9.17) is 11.6 Å². The highest BCUT2D eigenvalue weighted by Gasteiger charge is 2.16. The van der Waals surface area contributed by atoms with E-state index >= 15 is 0 Å². The van der Waals surface area contributed by atoms with Gasteiger partial charge in [0.2, 0.25) is 5.91 Å². The predicted molar refractivity (Wildman–Crippen MR) is 96.0 cm³/mol. The molecule has 2 rings (SSSR count). The Balaban J connectivity index is 1.71. The minimum atomic E-state index is -0.182. The number of carbonyl (C=O) groups is 2. The lowest BCUT2D eigenvalue weighted by molar-refractivity contribution is -0.131. The number of likely N-dealkylation sites (tertiary alicyclic amines) is 1. The van der Waals surface area contributed by atoms with Crippen LogP contribution in [-0.4, -0.2) is 48.4 Å². The topological polar surface area (TPSA) is 52.7 Å². The van der Waals surface area contributed by atoms with Crippen LogP contribution in [0.5, 0.6) is 0 Å². The minimum absolute atomic E-state index is 0.134. The number of urea groups is 1. The summed E-state index contributed by atoms with van der Waals surface area (Å²) in [6, 6.07) is 7.26. The lowest BCUT2D eigenvalue weighted by Gasteiger charge is -2.21. The van der Waals surface area contributed by atoms with E-state index in [-0.39, 0.29) is 11.9 Å². The zero-order valence-corrected chi connectivity index (χ0v) is 15.0. The van der Waals surface area contributed by atoms with Gasteiger partial charge in [-0.05, 0) is 30.5 Å².